The first-order valence-electron chi connectivity index (χ1n) is 16.4. The van der Waals surface area contributed by atoms with E-state index in [1.54, 1.807) is 0 Å². The van der Waals surface area contributed by atoms with Crippen LogP contribution in [-0.2, 0) is 44.5 Å². The lowest BCUT2D eigenvalue weighted by Gasteiger charge is -2.49. The van der Waals surface area contributed by atoms with E-state index in [-0.39, 0.29) is 18.9 Å². The zero-order valence-electron chi connectivity index (χ0n) is 28.3. The zero-order chi connectivity index (χ0) is 36.0. The van der Waals surface area contributed by atoms with Gasteiger partial charge in [-0.15, -0.1) is 0 Å². The van der Waals surface area contributed by atoms with Crippen molar-refractivity contribution >= 4 is 23.9 Å². The van der Waals surface area contributed by atoms with Crippen molar-refractivity contribution in [2.24, 2.45) is 17.8 Å². The molecular formula is C35H50O13. The Balaban J connectivity index is 1.94. The Morgan fingerprint density at radius 1 is 1.02 bits per heavy atom. The van der Waals surface area contributed by atoms with Gasteiger partial charge in [0, 0.05) is 25.9 Å². The Kier molecular flexibility index (Phi) is 12.9. The van der Waals surface area contributed by atoms with Crippen LogP contribution in [0.2, 0.25) is 0 Å². The lowest BCUT2D eigenvalue weighted by atomic mass is 9.74. The Bertz CT molecular complexity index is 1320. The molecule has 10 atom stereocenters. The molecule has 2 saturated heterocycles. The number of carbonyl (C=O) groups is 4. The number of esters is 1. The van der Waals surface area contributed by atoms with E-state index < -0.39 is 71.7 Å². The van der Waals surface area contributed by atoms with Gasteiger partial charge in [0.15, 0.2) is 5.79 Å². The molecular weight excluding hydrogens is 628 g/mol. The van der Waals surface area contributed by atoms with Gasteiger partial charge < -0.3 is 44.5 Å². The van der Waals surface area contributed by atoms with Crippen LogP contribution in [0, 0.1) is 17.8 Å². The number of fused-ring (bicyclic) bond motifs is 2. The van der Waals surface area contributed by atoms with Gasteiger partial charge in [-0.05, 0) is 55.1 Å². The molecule has 268 valence electrons. The molecule has 0 aliphatic carbocycles. The SMILES string of the molecule is C=C(CC[C@@]12O[C@H](C(=O)O)[C@@](O)(C(=O)O)[C@@](C(=O)O)(O1)[C@H](OCCC[C@@H](C)C[C@@H](C)CC)[C@H]2O)C(OC(C)=O)C(C)Cc1ccccc1. The summed E-state index contributed by atoms with van der Waals surface area (Å²) in [6.07, 6.45) is -4.66. The molecule has 0 aromatic heterocycles. The number of aliphatic carboxylic acids is 3. The van der Waals surface area contributed by atoms with Crippen LogP contribution in [0.1, 0.15) is 78.7 Å². The molecule has 2 bridgehead atoms. The number of hydrogen-bond acceptors (Lipinski definition) is 10. The summed E-state index contributed by atoms with van der Waals surface area (Å²) < 4.78 is 22.8. The Labute approximate surface area is 280 Å². The molecule has 0 radical (unpaired) electrons. The van der Waals surface area contributed by atoms with Gasteiger partial charge in [-0.3, -0.25) is 4.79 Å². The predicted octanol–water partition coefficient (Wildman–Crippen LogP) is 3.58. The van der Waals surface area contributed by atoms with E-state index in [1.807, 2.05) is 37.3 Å². The van der Waals surface area contributed by atoms with Crippen LogP contribution in [0.4, 0.5) is 0 Å². The quantitative estimate of drug-likeness (QED) is 0.0807. The van der Waals surface area contributed by atoms with E-state index in [0.717, 1.165) is 18.4 Å². The van der Waals surface area contributed by atoms with Crippen molar-refractivity contribution in [3.8, 4) is 0 Å². The number of carboxylic acids is 3. The van der Waals surface area contributed by atoms with Crippen molar-refractivity contribution in [1.82, 2.24) is 0 Å². The first-order valence-corrected chi connectivity index (χ1v) is 16.4. The third-order valence-electron chi connectivity index (χ3n) is 9.65. The molecule has 2 aliphatic heterocycles. The molecule has 0 saturated carbocycles. The largest absolute Gasteiger partial charge is 0.479 e. The van der Waals surface area contributed by atoms with Crippen LogP contribution in [0.3, 0.4) is 0 Å². The molecule has 1 aromatic rings. The highest BCUT2D eigenvalue weighted by Gasteiger charge is 2.85. The average molecular weight is 679 g/mol. The Morgan fingerprint density at radius 2 is 1.67 bits per heavy atom. The number of hydrogen-bond donors (Lipinski definition) is 5. The van der Waals surface area contributed by atoms with E-state index >= 15 is 0 Å². The summed E-state index contributed by atoms with van der Waals surface area (Å²) in [5.74, 6) is -8.82. The molecule has 13 nitrogen and oxygen atoms in total. The van der Waals surface area contributed by atoms with Gasteiger partial charge in [0.25, 0.3) is 0 Å². The second kappa shape index (κ2) is 15.9. The molecule has 48 heavy (non-hydrogen) atoms. The molecule has 2 heterocycles. The zero-order valence-corrected chi connectivity index (χ0v) is 28.3. The fourth-order valence-electron chi connectivity index (χ4n) is 6.97. The molecule has 1 aromatic carbocycles. The van der Waals surface area contributed by atoms with E-state index in [1.165, 1.54) is 6.92 Å². The molecule has 0 amide bonds. The van der Waals surface area contributed by atoms with E-state index in [2.05, 4.69) is 27.4 Å². The fraction of sp³-hybridized carbons (Fsp3) is 0.657. The lowest BCUT2D eigenvalue weighted by molar-refractivity contribution is -0.374. The summed E-state index contributed by atoms with van der Waals surface area (Å²) in [4.78, 5) is 50.0. The highest BCUT2D eigenvalue weighted by Crippen LogP contribution is 2.56. The lowest BCUT2D eigenvalue weighted by Crippen LogP contribution is -2.78. The van der Waals surface area contributed by atoms with Gasteiger partial charge in [0.1, 0.15) is 18.3 Å². The van der Waals surface area contributed by atoms with E-state index in [9.17, 15) is 44.7 Å². The van der Waals surface area contributed by atoms with Crippen LogP contribution in [-0.4, -0.2) is 97.4 Å². The van der Waals surface area contributed by atoms with Crippen LogP contribution < -0.4 is 0 Å². The van der Waals surface area contributed by atoms with Crippen LogP contribution in [0.5, 0.6) is 0 Å². The summed E-state index contributed by atoms with van der Waals surface area (Å²) in [5, 5.41) is 53.7. The number of rotatable bonds is 19. The number of aliphatic hydroxyl groups excluding tert-OH is 1. The predicted molar refractivity (Wildman–Crippen MR) is 171 cm³/mol. The number of benzene rings is 1. The van der Waals surface area contributed by atoms with Crippen molar-refractivity contribution in [2.75, 3.05) is 6.61 Å². The molecule has 13 heteroatoms. The van der Waals surface area contributed by atoms with Crippen LogP contribution in [0.15, 0.2) is 42.5 Å². The standard InChI is InChI=1S/C35H50O13/c1-7-20(2)18-21(3)12-11-17-45-28-27(37)33(47-29(30(38)39)34(44,31(40)41)35(28,48-33)32(42)43)16-15-22(4)26(46-24(6)36)23(5)19-25-13-9-8-10-14-25/h8-10,13-14,20-21,23,26-29,37,44H,4,7,11-12,15-19H2,1-3,5-6H3,(H,38,39)(H,40,41)(H,42,43)/t20-,21+,23?,26?,27+,28+,29+,33+,34+,35+/m0/s1. The first-order chi connectivity index (χ1) is 22.5. The van der Waals surface area contributed by atoms with Crippen molar-refractivity contribution in [1.29, 1.82) is 0 Å². The Morgan fingerprint density at radius 3 is 2.21 bits per heavy atom. The maximum absolute atomic E-state index is 13.0. The van der Waals surface area contributed by atoms with E-state index in [4.69, 9.17) is 18.9 Å². The normalized spacial score (nSPS) is 30.5. The number of carboxylic acid groups (broad SMARTS) is 3. The number of carbonyl (C=O) groups excluding carboxylic acids is 1. The van der Waals surface area contributed by atoms with Crippen molar-refractivity contribution in [3.63, 3.8) is 0 Å². The topological polar surface area (TPSA) is 206 Å². The first kappa shape index (κ1) is 39.1. The third kappa shape index (κ3) is 7.76. The maximum atomic E-state index is 13.0. The van der Waals surface area contributed by atoms with Crippen molar-refractivity contribution in [3.05, 3.63) is 48.0 Å². The van der Waals surface area contributed by atoms with Gasteiger partial charge in [-0.25, -0.2) is 14.4 Å². The summed E-state index contributed by atoms with van der Waals surface area (Å²) >= 11 is 0. The van der Waals surface area contributed by atoms with E-state index in [0.29, 0.717) is 36.7 Å². The summed E-state index contributed by atoms with van der Waals surface area (Å²) in [5.41, 5.74) is -5.69. The highest BCUT2D eigenvalue weighted by molar-refractivity contribution is 5.97. The number of aliphatic hydroxyl groups is 2. The van der Waals surface area contributed by atoms with Crippen molar-refractivity contribution in [2.45, 2.75) is 121 Å². The second-order valence-electron chi connectivity index (χ2n) is 13.5. The molecule has 3 rings (SSSR count). The maximum Gasteiger partial charge on any atom is 0.343 e. The van der Waals surface area contributed by atoms with Gasteiger partial charge in [-0.2, -0.15) is 0 Å². The molecule has 2 fully saturated rings. The third-order valence-corrected chi connectivity index (χ3v) is 9.65. The van der Waals surface area contributed by atoms with Gasteiger partial charge in [-0.1, -0.05) is 71.0 Å². The highest BCUT2D eigenvalue weighted by atomic mass is 16.8. The second-order valence-corrected chi connectivity index (χ2v) is 13.5. The van der Waals surface area contributed by atoms with Gasteiger partial charge in [0.2, 0.25) is 17.3 Å². The van der Waals surface area contributed by atoms with Gasteiger partial charge >= 0.3 is 23.9 Å². The van der Waals surface area contributed by atoms with Crippen molar-refractivity contribution < 1.29 is 63.7 Å². The summed E-state index contributed by atoms with van der Waals surface area (Å²) in [6, 6.07) is 9.43. The average Bonchev–Trinajstić information content (AvgIpc) is 3.24. The minimum absolute atomic E-state index is 0.137. The smallest absolute Gasteiger partial charge is 0.343 e. The van der Waals surface area contributed by atoms with Gasteiger partial charge in [0.05, 0.1) is 0 Å². The monoisotopic (exact) mass is 678 g/mol. The van der Waals surface area contributed by atoms with Crippen LogP contribution >= 0.6 is 0 Å². The summed E-state index contributed by atoms with van der Waals surface area (Å²) in [7, 11) is 0. The molecule has 0 spiro atoms. The van der Waals surface area contributed by atoms with Crippen LogP contribution in [0.25, 0.3) is 0 Å². The fourth-order valence-corrected chi connectivity index (χ4v) is 6.97. The Hall–Kier alpha value is -3.36. The molecule has 2 aliphatic rings. The number of ether oxygens (including phenoxy) is 4. The summed E-state index contributed by atoms with van der Waals surface area (Å²) in [6.45, 7) is 13.3. The molecule has 5 N–H and O–H groups in total. The minimum atomic E-state index is -3.71. The molecule has 2 unspecified atom stereocenters. The minimum Gasteiger partial charge on any atom is -0.479 e.